The van der Waals surface area contributed by atoms with Crippen LogP contribution in [0.25, 0.3) is 131 Å². The minimum Gasteiger partial charge on any atom is -0.455 e. The molecule has 0 saturated heterocycles. The van der Waals surface area contributed by atoms with Gasteiger partial charge in [-0.25, -0.2) is 0 Å². The summed E-state index contributed by atoms with van der Waals surface area (Å²) in [6.45, 7) is 0. The molecule has 0 aliphatic heterocycles. The van der Waals surface area contributed by atoms with E-state index in [1.165, 1.54) is 21.5 Å². The molecule has 0 atom stereocenters. The molecular weight excluding hydrogens is 665 g/mol. The van der Waals surface area contributed by atoms with Crippen LogP contribution in [0.15, 0.2) is 186 Å². The first-order valence-corrected chi connectivity index (χ1v) is 18.4. The van der Waals surface area contributed by atoms with Crippen molar-refractivity contribution in [2.24, 2.45) is 0 Å². The Kier molecular flexibility index (Phi) is 4.42. The fourth-order valence-corrected chi connectivity index (χ4v) is 9.31. The fourth-order valence-electron chi connectivity index (χ4n) is 9.31. The van der Waals surface area contributed by atoms with Crippen molar-refractivity contribution < 1.29 is 15.4 Å². The molecule has 0 radical (unpaired) electrons. The van der Waals surface area contributed by atoms with Crippen molar-refractivity contribution in [1.82, 2.24) is 0 Å². The highest BCUT2D eigenvalue weighted by Gasteiger charge is 2.19. The van der Waals surface area contributed by atoms with Gasteiger partial charge in [0, 0.05) is 16.2 Å². The molecule has 0 N–H and O–H groups in total. The summed E-state index contributed by atoms with van der Waals surface area (Å²) >= 11 is 0. The average Bonchev–Trinajstić information content (AvgIpc) is 3.71. The van der Waals surface area contributed by atoms with Crippen molar-refractivity contribution in [3.8, 4) is 33.4 Å². The van der Waals surface area contributed by atoms with E-state index in [0.717, 1.165) is 65.3 Å². The van der Waals surface area contributed by atoms with Gasteiger partial charge in [0.15, 0.2) is 0 Å². The largest absolute Gasteiger partial charge is 0.455 e. The molecule has 0 spiro atoms. The van der Waals surface area contributed by atoms with Crippen LogP contribution >= 0.6 is 0 Å². The van der Waals surface area contributed by atoms with Crippen LogP contribution in [0.4, 0.5) is 0 Å². The van der Waals surface area contributed by atoms with Gasteiger partial charge in [-0.15, -0.1) is 0 Å². The zero-order valence-electron chi connectivity index (χ0n) is 37.1. The molecule has 0 aliphatic rings. The predicted octanol–water partition coefficient (Wildman–Crippen LogP) is 15.5. The third-order valence-corrected chi connectivity index (χ3v) is 11.7. The Morgan fingerprint density at radius 3 is 1.44 bits per heavy atom. The van der Waals surface area contributed by atoms with E-state index in [2.05, 4.69) is 127 Å². The number of hydrogen-bond acceptors (Lipinski definition) is 1. The van der Waals surface area contributed by atoms with Crippen LogP contribution in [0.3, 0.4) is 0 Å². The van der Waals surface area contributed by atoms with Crippen LogP contribution in [0.2, 0.25) is 0 Å². The molecule has 0 fully saturated rings. The van der Waals surface area contributed by atoms with Gasteiger partial charge in [0.1, 0.15) is 11.2 Å². The lowest BCUT2D eigenvalue weighted by Crippen LogP contribution is -1.91. The van der Waals surface area contributed by atoms with Crippen molar-refractivity contribution in [2.75, 3.05) is 0 Å². The molecule has 252 valence electrons. The lowest BCUT2D eigenvalue weighted by molar-refractivity contribution is 0.673. The van der Waals surface area contributed by atoms with Crippen molar-refractivity contribution in [3.63, 3.8) is 0 Å². The SMILES string of the molecule is [2H]c1cc(-c2cc(-c3ccc4ccc5cccc6ccc3c4c56)cc(-c3ccc4ccc5cccc6ccc3c4c56)c2)c2c(oc3c4c([2H])c([2H])c([2H])c([2H])c4c([2H])c([2H])c32)c1[2H]. The Bertz CT molecular complexity index is 3990. The molecular formula is C54H30O. The highest BCUT2D eigenvalue weighted by Crippen LogP contribution is 2.46. The Hall–Kier alpha value is -7.22. The average molecular weight is 703 g/mol. The third-order valence-electron chi connectivity index (χ3n) is 11.7. The summed E-state index contributed by atoms with van der Waals surface area (Å²) in [5, 5.41) is 14.2. The molecule has 0 amide bonds. The second-order valence-electron chi connectivity index (χ2n) is 14.6. The van der Waals surface area contributed by atoms with Crippen molar-refractivity contribution in [3.05, 3.63) is 182 Å². The molecule has 13 aromatic rings. The van der Waals surface area contributed by atoms with E-state index in [1.54, 1.807) is 6.07 Å². The Balaban J connectivity index is 1.17. The molecule has 55 heavy (non-hydrogen) atoms. The van der Waals surface area contributed by atoms with Crippen molar-refractivity contribution in [2.45, 2.75) is 0 Å². The predicted molar refractivity (Wildman–Crippen MR) is 235 cm³/mol. The van der Waals surface area contributed by atoms with Crippen LogP contribution in [-0.2, 0) is 0 Å². The zero-order valence-corrected chi connectivity index (χ0v) is 29.1. The number of rotatable bonds is 3. The van der Waals surface area contributed by atoms with Gasteiger partial charge in [-0.1, -0.05) is 152 Å². The van der Waals surface area contributed by atoms with Crippen molar-refractivity contribution in [1.29, 1.82) is 0 Å². The minimum atomic E-state index is -0.505. The van der Waals surface area contributed by atoms with E-state index in [9.17, 15) is 1.37 Å². The van der Waals surface area contributed by atoms with E-state index in [4.69, 9.17) is 14.0 Å². The van der Waals surface area contributed by atoms with Gasteiger partial charge in [-0.2, -0.15) is 0 Å². The highest BCUT2D eigenvalue weighted by molar-refractivity contribution is 6.27. The van der Waals surface area contributed by atoms with Gasteiger partial charge >= 0.3 is 0 Å². The first-order chi connectivity index (χ1) is 30.6. The summed E-state index contributed by atoms with van der Waals surface area (Å²) < 4.78 is 77.6. The van der Waals surface area contributed by atoms with Gasteiger partial charge in [-0.3, -0.25) is 0 Å². The molecule has 1 heteroatoms. The first kappa shape index (κ1) is 22.8. The van der Waals surface area contributed by atoms with E-state index in [-0.39, 0.29) is 51.5 Å². The highest BCUT2D eigenvalue weighted by atomic mass is 16.3. The summed E-state index contributed by atoms with van der Waals surface area (Å²) in [6, 6.07) is 44.0. The molecule has 0 unspecified atom stereocenters. The maximum atomic E-state index is 9.38. The molecule has 13 rings (SSSR count). The quantitative estimate of drug-likeness (QED) is 0.167. The summed E-state index contributed by atoms with van der Waals surface area (Å²) in [5.74, 6) is 0. The maximum absolute atomic E-state index is 9.38. The van der Waals surface area contributed by atoms with Crippen molar-refractivity contribution >= 4 is 97.3 Å². The van der Waals surface area contributed by atoms with Crippen LogP contribution in [0, 0.1) is 0 Å². The molecule has 1 nitrogen and oxygen atoms in total. The number of hydrogen-bond donors (Lipinski definition) is 0. The van der Waals surface area contributed by atoms with Crippen LogP contribution in [-0.4, -0.2) is 0 Å². The van der Waals surface area contributed by atoms with Gasteiger partial charge < -0.3 is 4.42 Å². The van der Waals surface area contributed by atoms with Crippen LogP contribution < -0.4 is 0 Å². The second kappa shape index (κ2) is 10.7. The lowest BCUT2D eigenvalue weighted by Gasteiger charge is -2.18. The topological polar surface area (TPSA) is 13.1 Å². The smallest absolute Gasteiger partial charge is 0.143 e. The summed E-state index contributed by atoms with van der Waals surface area (Å²) in [7, 11) is 0. The standard InChI is InChI=1S/C54H30O/c1-2-11-44-31(6-1)18-27-47-53-43(12-5-13-48(53)55-54(44)47)40-29-38(41-23-19-36-16-14-32-7-3-9-34-21-25-45(41)51(36)49(32)34)28-39(30-40)42-24-20-37-17-15-33-8-4-10-35-22-26-46(42)52(37)50(33)35/h1-30H/i1D,2D,5D,6D,11D,13D,18D,27D. The first-order valence-electron chi connectivity index (χ1n) is 22.4. The van der Waals surface area contributed by atoms with Gasteiger partial charge in [-0.05, 0) is 134 Å². The van der Waals surface area contributed by atoms with Gasteiger partial charge in [0.25, 0.3) is 0 Å². The molecule has 0 bridgehead atoms. The number of fused-ring (bicyclic) bond motifs is 5. The van der Waals surface area contributed by atoms with Gasteiger partial charge in [0.05, 0.1) is 11.0 Å². The summed E-state index contributed by atoms with van der Waals surface area (Å²) in [6.07, 6.45) is 0. The zero-order chi connectivity index (χ0) is 42.7. The molecule has 1 heterocycles. The van der Waals surface area contributed by atoms with E-state index in [1.807, 2.05) is 0 Å². The Morgan fingerprint density at radius 2 is 0.836 bits per heavy atom. The lowest BCUT2D eigenvalue weighted by atomic mass is 9.85. The Morgan fingerprint density at radius 1 is 0.327 bits per heavy atom. The normalized spacial score (nSPS) is 14.4. The van der Waals surface area contributed by atoms with Crippen LogP contribution in [0.1, 0.15) is 11.0 Å². The summed E-state index contributed by atoms with van der Waals surface area (Å²) in [5.41, 5.74) is 5.06. The third kappa shape index (κ3) is 4.02. The summed E-state index contributed by atoms with van der Waals surface area (Å²) in [4.78, 5) is 0. The molecule has 1 aromatic heterocycles. The Labute approximate surface area is 327 Å². The number of benzene rings is 12. The molecule has 12 aromatic carbocycles. The minimum absolute atomic E-state index is 0.0109. The van der Waals surface area contributed by atoms with E-state index >= 15 is 0 Å². The monoisotopic (exact) mass is 702 g/mol. The molecule has 0 aliphatic carbocycles. The van der Waals surface area contributed by atoms with E-state index < -0.39 is 24.2 Å². The van der Waals surface area contributed by atoms with E-state index in [0.29, 0.717) is 16.5 Å². The van der Waals surface area contributed by atoms with Gasteiger partial charge in [0.2, 0.25) is 0 Å². The fraction of sp³-hybridized carbons (Fsp3) is 0. The maximum Gasteiger partial charge on any atom is 0.143 e. The number of furan rings is 1. The molecule has 0 saturated carbocycles. The van der Waals surface area contributed by atoms with Crippen LogP contribution in [0.5, 0.6) is 0 Å². The second-order valence-corrected chi connectivity index (χ2v) is 14.6.